The van der Waals surface area contributed by atoms with Gasteiger partial charge in [0.2, 0.25) is 0 Å². The first kappa shape index (κ1) is 17.3. The van der Waals surface area contributed by atoms with Crippen LogP contribution in [0.2, 0.25) is 0 Å². The monoisotopic (exact) mass is 263 g/mol. The van der Waals surface area contributed by atoms with Crippen LogP contribution in [0.4, 0.5) is 0 Å². The fourth-order valence-corrected chi connectivity index (χ4v) is 1.56. The Morgan fingerprint density at radius 3 is 1.95 bits per heavy atom. The third-order valence-electron chi connectivity index (χ3n) is 2.90. The second kappa shape index (κ2) is 9.26. The first-order valence-corrected chi connectivity index (χ1v) is 6.22. The fraction of sp³-hybridized carbons (Fsp3) is 0.467. The Balaban J connectivity index is 0.000000399. The van der Waals surface area contributed by atoms with Crippen LogP contribution in [0.15, 0.2) is 12.1 Å². The summed E-state index contributed by atoms with van der Waals surface area (Å²) in [6.07, 6.45) is 1.65. The zero-order valence-electron chi connectivity index (χ0n) is 11.7. The van der Waals surface area contributed by atoms with Crippen LogP contribution >= 0.6 is 0 Å². The highest BCUT2D eigenvalue weighted by Gasteiger charge is 2.02. The van der Waals surface area contributed by atoms with Crippen LogP contribution in [-0.4, -0.2) is 29.7 Å². The van der Waals surface area contributed by atoms with Crippen LogP contribution < -0.4 is 0 Å². The number of aliphatic hydroxyl groups is 2. The van der Waals surface area contributed by atoms with E-state index in [1.54, 1.807) is 12.1 Å². The lowest BCUT2D eigenvalue weighted by atomic mass is 10.0. The van der Waals surface area contributed by atoms with E-state index in [1.807, 2.05) is 20.8 Å². The topological polar surface area (TPSA) is 81.3 Å². The number of hydrogen-bond acceptors (Lipinski definition) is 4. The molecule has 0 bridgehead atoms. The zero-order chi connectivity index (χ0) is 14.8. The molecule has 0 radical (unpaired) electrons. The van der Waals surface area contributed by atoms with Crippen LogP contribution in [0.25, 0.3) is 0 Å². The van der Waals surface area contributed by atoms with Crippen LogP contribution in [0.3, 0.4) is 0 Å². The number of carbonyl (C=O) groups excluding carboxylic acids is 1. The zero-order valence-corrected chi connectivity index (χ0v) is 11.7. The standard InChI is InChI=1S/C10H9NO.C5H12O2/c1-7-3-9(6-12)4-8(2)10(7)5-11;1-2-5(3-6)4-7/h3-4,6H,1-2H3;5-7H,2-4H2,1H3. The van der Waals surface area contributed by atoms with Crippen molar-refractivity contribution in [2.24, 2.45) is 5.92 Å². The molecule has 19 heavy (non-hydrogen) atoms. The summed E-state index contributed by atoms with van der Waals surface area (Å²) in [5, 5.41) is 25.5. The number of aldehydes is 1. The fourth-order valence-electron chi connectivity index (χ4n) is 1.56. The van der Waals surface area contributed by atoms with Gasteiger partial charge in [-0.2, -0.15) is 5.26 Å². The van der Waals surface area contributed by atoms with Crippen molar-refractivity contribution in [2.45, 2.75) is 27.2 Å². The van der Waals surface area contributed by atoms with E-state index >= 15 is 0 Å². The van der Waals surface area contributed by atoms with Gasteiger partial charge in [0.05, 0.1) is 11.6 Å². The summed E-state index contributed by atoms with van der Waals surface area (Å²) in [5.41, 5.74) is 3.02. The Labute approximate surface area is 114 Å². The smallest absolute Gasteiger partial charge is 0.150 e. The molecule has 0 atom stereocenters. The molecule has 0 amide bonds. The van der Waals surface area contributed by atoms with Gasteiger partial charge >= 0.3 is 0 Å². The van der Waals surface area contributed by atoms with E-state index in [-0.39, 0.29) is 19.1 Å². The van der Waals surface area contributed by atoms with Gasteiger partial charge in [-0.3, -0.25) is 4.79 Å². The molecule has 0 aliphatic carbocycles. The summed E-state index contributed by atoms with van der Waals surface area (Å²) in [7, 11) is 0. The molecule has 0 saturated heterocycles. The molecular formula is C15H21NO3. The predicted molar refractivity (Wildman–Crippen MR) is 74.0 cm³/mol. The van der Waals surface area contributed by atoms with Crippen molar-refractivity contribution in [2.75, 3.05) is 13.2 Å². The minimum Gasteiger partial charge on any atom is -0.396 e. The number of carbonyl (C=O) groups is 1. The molecule has 0 fully saturated rings. The van der Waals surface area contributed by atoms with E-state index in [9.17, 15) is 4.79 Å². The molecule has 0 aromatic heterocycles. The first-order chi connectivity index (χ1) is 9.03. The largest absolute Gasteiger partial charge is 0.396 e. The van der Waals surface area contributed by atoms with Crippen LogP contribution in [0.5, 0.6) is 0 Å². The summed E-state index contributed by atoms with van der Waals surface area (Å²) in [6, 6.07) is 5.54. The molecule has 4 nitrogen and oxygen atoms in total. The molecule has 0 spiro atoms. The number of aliphatic hydroxyl groups excluding tert-OH is 2. The molecular weight excluding hydrogens is 242 g/mol. The van der Waals surface area contributed by atoms with Crippen molar-refractivity contribution in [3.8, 4) is 6.07 Å². The summed E-state index contributed by atoms with van der Waals surface area (Å²) >= 11 is 0. The molecule has 0 aliphatic heterocycles. The summed E-state index contributed by atoms with van der Waals surface area (Å²) in [6.45, 7) is 5.81. The van der Waals surface area contributed by atoms with Crippen molar-refractivity contribution in [1.82, 2.24) is 0 Å². The summed E-state index contributed by atoms with van der Waals surface area (Å²) < 4.78 is 0. The van der Waals surface area contributed by atoms with Gasteiger partial charge in [-0.25, -0.2) is 0 Å². The summed E-state index contributed by atoms with van der Waals surface area (Å²) in [4.78, 5) is 10.4. The van der Waals surface area contributed by atoms with Gasteiger partial charge in [-0.1, -0.05) is 6.92 Å². The molecule has 4 heteroatoms. The molecule has 1 aromatic rings. The van der Waals surface area contributed by atoms with Gasteiger partial charge in [0.15, 0.2) is 0 Å². The number of benzene rings is 1. The minimum atomic E-state index is 0.0972. The molecule has 104 valence electrons. The second-order valence-electron chi connectivity index (χ2n) is 4.40. The minimum absolute atomic E-state index is 0.0972. The van der Waals surface area contributed by atoms with Gasteiger partial charge in [0.1, 0.15) is 6.29 Å². The van der Waals surface area contributed by atoms with Gasteiger partial charge < -0.3 is 10.2 Å². The van der Waals surface area contributed by atoms with Crippen molar-refractivity contribution < 1.29 is 15.0 Å². The second-order valence-corrected chi connectivity index (χ2v) is 4.40. The van der Waals surface area contributed by atoms with Crippen molar-refractivity contribution >= 4 is 6.29 Å². The third-order valence-corrected chi connectivity index (χ3v) is 2.90. The lowest BCUT2D eigenvalue weighted by Gasteiger charge is -2.03. The van der Waals surface area contributed by atoms with Crippen molar-refractivity contribution in [3.63, 3.8) is 0 Å². The lowest BCUT2D eigenvalue weighted by molar-refractivity contribution is 0.112. The summed E-state index contributed by atoms with van der Waals surface area (Å²) in [5.74, 6) is 0.0972. The van der Waals surface area contributed by atoms with Gasteiger partial charge in [-0.15, -0.1) is 0 Å². The van der Waals surface area contributed by atoms with E-state index in [2.05, 4.69) is 6.07 Å². The molecule has 0 unspecified atom stereocenters. The van der Waals surface area contributed by atoms with Crippen molar-refractivity contribution in [3.05, 3.63) is 34.4 Å². The van der Waals surface area contributed by atoms with Crippen LogP contribution in [-0.2, 0) is 0 Å². The quantitative estimate of drug-likeness (QED) is 0.814. The van der Waals surface area contributed by atoms with E-state index in [0.717, 1.165) is 23.8 Å². The first-order valence-electron chi connectivity index (χ1n) is 6.22. The third kappa shape index (κ3) is 5.64. The van der Waals surface area contributed by atoms with E-state index in [1.165, 1.54) is 0 Å². The van der Waals surface area contributed by atoms with E-state index in [4.69, 9.17) is 15.5 Å². The maximum atomic E-state index is 10.4. The van der Waals surface area contributed by atoms with Crippen molar-refractivity contribution in [1.29, 1.82) is 5.26 Å². The SMILES string of the molecule is CCC(CO)CO.Cc1cc(C=O)cc(C)c1C#N. The molecule has 2 N–H and O–H groups in total. The Bertz CT molecular complexity index is 417. The molecule has 1 aromatic carbocycles. The Hall–Kier alpha value is -1.70. The van der Waals surface area contributed by atoms with Gasteiger partial charge in [-0.05, 0) is 43.5 Å². The number of hydrogen-bond donors (Lipinski definition) is 2. The number of nitriles is 1. The molecule has 0 saturated carbocycles. The highest BCUT2D eigenvalue weighted by molar-refractivity contribution is 5.76. The van der Waals surface area contributed by atoms with Crippen LogP contribution in [0, 0.1) is 31.1 Å². The maximum absolute atomic E-state index is 10.4. The van der Waals surface area contributed by atoms with Crippen LogP contribution in [0.1, 0.15) is 40.4 Å². The maximum Gasteiger partial charge on any atom is 0.150 e. The lowest BCUT2D eigenvalue weighted by Crippen LogP contribution is -2.08. The highest BCUT2D eigenvalue weighted by Crippen LogP contribution is 2.14. The molecule has 0 heterocycles. The number of nitrogens with zero attached hydrogens (tertiary/aromatic N) is 1. The Morgan fingerprint density at radius 1 is 1.26 bits per heavy atom. The van der Waals surface area contributed by atoms with E-state index in [0.29, 0.717) is 11.1 Å². The number of aryl methyl sites for hydroxylation is 2. The highest BCUT2D eigenvalue weighted by atomic mass is 16.3. The molecule has 0 aliphatic rings. The molecule has 1 rings (SSSR count). The Morgan fingerprint density at radius 2 is 1.74 bits per heavy atom. The van der Waals surface area contributed by atoms with Gasteiger partial charge in [0.25, 0.3) is 0 Å². The average Bonchev–Trinajstić information content (AvgIpc) is 2.41. The van der Waals surface area contributed by atoms with E-state index < -0.39 is 0 Å². The Kier molecular flexibility index (Phi) is 8.43. The van der Waals surface area contributed by atoms with Gasteiger partial charge in [0, 0.05) is 24.7 Å². The predicted octanol–water partition coefficient (Wildman–Crippen LogP) is 1.98. The number of rotatable bonds is 4. The average molecular weight is 263 g/mol. The normalized spacial score (nSPS) is 9.53.